The molecule has 0 aliphatic carbocycles. The van der Waals surface area contributed by atoms with Gasteiger partial charge in [-0.1, -0.05) is 20.8 Å². The van der Waals surface area contributed by atoms with Gasteiger partial charge in [-0.25, -0.2) is 9.59 Å². The molecule has 0 fully saturated rings. The molecule has 1 atom stereocenters. The predicted molar refractivity (Wildman–Crippen MR) is 76.9 cm³/mol. The smallest absolute Gasteiger partial charge is 0.338 e. The van der Waals surface area contributed by atoms with Gasteiger partial charge in [-0.05, 0) is 48.9 Å². The highest BCUT2D eigenvalue weighted by Crippen LogP contribution is 2.15. The average Bonchev–Trinajstić information content (AvgIpc) is 2.37. The van der Waals surface area contributed by atoms with Crippen LogP contribution in [0.25, 0.3) is 0 Å². The van der Waals surface area contributed by atoms with Crippen molar-refractivity contribution < 1.29 is 19.4 Å². The first kappa shape index (κ1) is 16.2. The van der Waals surface area contributed by atoms with E-state index in [4.69, 9.17) is 9.84 Å². The second-order valence-electron chi connectivity index (χ2n) is 5.54. The van der Waals surface area contributed by atoms with Crippen LogP contribution in [0.1, 0.15) is 54.3 Å². The van der Waals surface area contributed by atoms with E-state index in [1.807, 2.05) is 0 Å². The highest BCUT2D eigenvalue weighted by Gasteiger charge is 2.10. The van der Waals surface area contributed by atoms with Crippen molar-refractivity contribution in [1.82, 2.24) is 0 Å². The normalized spacial score (nSPS) is 12.2. The van der Waals surface area contributed by atoms with E-state index in [1.165, 1.54) is 24.3 Å². The zero-order valence-electron chi connectivity index (χ0n) is 12.3. The molecule has 20 heavy (non-hydrogen) atoms. The third-order valence-electron chi connectivity index (χ3n) is 3.09. The maximum atomic E-state index is 11.8. The molecule has 0 saturated heterocycles. The second kappa shape index (κ2) is 7.68. The number of hydrogen-bond acceptors (Lipinski definition) is 3. The quantitative estimate of drug-likeness (QED) is 0.774. The van der Waals surface area contributed by atoms with Crippen LogP contribution in [-0.4, -0.2) is 23.7 Å². The van der Waals surface area contributed by atoms with Gasteiger partial charge in [-0.15, -0.1) is 0 Å². The summed E-state index contributed by atoms with van der Waals surface area (Å²) in [6.07, 6.45) is 1.96. The average molecular weight is 278 g/mol. The number of carbonyl (C=O) groups is 2. The second-order valence-corrected chi connectivity index (χ2v) is 5.54. The number of aromatic carboxylic acids is 1. The van der Waals surface area contributed by atoms with Crippen LogP contribution in [0.2, 0.25) is 0 Å². The Balaban J connectivity index is 2.41. The first-order chi connectivity index (χ1) is 9.40. The first-order valence-corrected chi connectivity index (χ1v) is 6.90. The molecule has 110 valence electrons. The molecule has 0 aliphatic rings. The summed E-state index contributed by atoms with van der Waals surface area (Å²) in [5.74, 6) is -0.243. The Hall–Kier alpha value is -1.84. The van der Waals surface area contributed by atoms with E-state index in [0.29, 0.717) is 24.0 Å². The SMILES string of the molecule is CC(C)CC(C)CCOC(=O)c1ccc(C(=O)O)cc1. The molecule has 0 amide bonds. The number of carboxylic acid groups (broad SMARTS) is 1. The molecule has 4 heteroatoms. The zero-order valence-corrected chi connectivity index (χ0v) is 12.3. The lowest BCUT2D eigenvalue weighted by molar-refractivity contribution is 0.0481. The highest BCUT2D eigenvalue weighted by atomic mass is 16.5. The van der Waals surface area contributed by atoms with Crippen molar-refractivity contribution >= 4 is 11.9 Å². The van der Waals surface area contributed by atoms with Gasteiger partial charge in [0, 0.05) is 0 Å². The van der Waals surface area contributed by atoms with Crippen LogP contribution >= 0.6 is 0 Å². The maximum Gasteiger partial charge on any atom is 0.338 e. The minimum atomic E-state index is -1.01. The van der Waals surface area contributed by atoms with Crippen LogP contribution in [0.5, 0.6) is 0 Å². The van der Waals surface area contributed by atoms with E-state index >= 15 is 0 Å². The number of benzene rings is 1. The molecular formula is C16H22O4. The summed E-state index contributed by atoms with van der Waals surface area (Å²) in [7, 11) is 0. The molecule has 1 rings (SSSR count). The standard InChI is InChI=1S/C16H22O4/c1-11(2)10-12(3)8-9-20-16(19)14-6-4-13(5-7-14)15(17)18/h4-7,11-12H,8-10H2,1-3H3,(H,17,18). The topological polar surface area (TPSA) is 63.6 Å². The van der Waals surface area contributed by atoms with Gasteiger partial charge < -0.3 is 9.84 Å². The van der Waals surface area contributed by atoms with Crippen molar-refractivity contribution in [3.05, 3.63) is 35.4 Å². The first-order valence-electron chi connectivity index (χ1n) is 6.90. The van der Waals surface area contributed by atoms with Crippen LogP contribution in [0.4, 0.5) is 0 Å². The summed E-state index contributed by atoms with van der Waals surface area (Å²) in [4.78, 5) is 22.5. The van der Waals surface area contributed by atoms with Crippen molar-refractivity contribution in [1.29, 1.82) is 0 Å². The third-order valence-corrected chi connectivity index (χ3v) is 3.09. The van der Waals surface area contributed by atoms with Crippen molar-refractivity contribution in [2.45, 2.75) is 33.6 Å². The summed E-state index contributed by atoms with van der Waals surface area (Å²) in [6.45, 7) is 6.89. The fraction of sp³-hybridized carbons (Fsp3) is 0.500. The van der Waals surface area contributed by atoms with Crippen LogP contribution in [0.3, 0.4) is 0 Å². The van der Waals surface area contributed by atoms with Gasteiger partial charge in [0.25, 0.3) is 0 Å². The maximum absolute atomic E-state index is 11.8. The van der Waals surface area contributed by atoms with Gasteiger partial charge in [0.2, 0.25) is 0 Å². The number of carbonyl (C=O) groups excluding carboxylic acids is 1. The molecular weight excluding hydrogens is 256 g/mol. The molecule has 0 radical (unpaired) electrons. The van der Waals surface area contributed by atoms with Crippen LogP contribution in [0, 0.1) is 11.8 Å². The van der Waals surface area contributed by atoms with E-state index in [-0.39, 0.29) is 5.56 Å². The summed E-state index contributed by atoms with van der Waals surface area (Å²) in [5, 5.41) is 8.77. The number of rotatable bonds is 7. The van der Waals surface area contributed by atoms with Crippen molar-refractivity contribution in [3.63, 3.8) is 0 Å². The predicted octanol–water partition coefficient (Wildman–Crippen LogP) is 3.61. The molecule has 1 N–H and O–H groups in total. The van der Waals surface area contributed by atoms with E-state index in [1.54, 1.807) is 0 Å². The van der Waals surface area contributed by atoms with E-state index in [2.05, 4.69) is 20.8 Å². The molecule has 0 heterocycles. The number of ether oxygens (including phenoxy) is 1. The fourth-order valence-electron chi connectivity index (χ4n) is 2.11. The monoisotopic (exact) mass is 278 g/mol. The Bertz CT molecular complexity index is 448. The van der Waals surface area contributed by atoms with Gasteiger partial charge in [0.05, 0.1) is 17.7 Å². The van der Waals surface area contributed by atoms with Gasteiger partial charge >= 0.3 is 11.9 Å². The molecule has 1 aromatic carbocycles. The summed E-state index contributed by atoms with van der Waals surface area (Å²) in [5.41, 5.74) is 0.540. The minimum absolute atomic E-state index is 0.159. The number of esters is 1. The summed E-state index contributed by atoms with van der Waals surface area (Å²) < 4.78 is 5.19. The molecule has 0 aliphatic heterocycles. The Labute approximate surface area is 119 Å². The minimum Gasteiger partial charge on any atom is -0.478 e. The Morgan fingerprint density at radius 2 is 1.65 bits per heavy atom. The van der Waals surface area contributed by atoms with Gasteiger partial charge in [0.15, 0.2) is 0 Å². The summed E-state index contributed by atoms with van der Waals surface area (Å²) >= 11 is 0. The van der Waals surface area contributed by atoms with Crippen LogP contribution in [-0.2, 0) is 4.74 Å². The number of carboxylic acids is 1. The highest BCUT2D eigenvalue weighted by molar-refractivity contribution is 5.92. The van der Waals surface area contributed by atoms with Crippen molar-refractivity contribution in [2.75, 3.05) is 6.61 Å². The lowest BCUT2D eigenvalue weighted by Crippen LogP contribution is -2.10. The molecule has 0 spiro atoms. The molecule has 4 nitrogen and oxygen atoms in total. The Morgan fingerprint density at radius 1 is 1.10 bits per heavy atom. The van der Waals surface area contributed by atoms with Gasteiger partial charge in [-0.2, -0.15) is 0 Å². The largest absolute Gasteiger partial charge is 0.478 e. The van der Waals surface area contributed by atoms with Gasteiger partial charge in [-0.3, -0.25) is 0 Å². The zero-order chi connectivity index (χ0) is 15.1. The molecule has 0 aromatic heterocycles. The third kappa shape index (κ3) is 5.43. The fourth-order valence-corrected chi connectivity index (χ4v) is 2.11. The van der Waals surface area contributed by atoms with Crippen molar-refractivity contribution in [2.24, 2.45) is 11.8 Å². The Morgan fingerprint density at radius 3 is 2.15 bits per heavy atom. The molecule has 0 bridgehead atoms. The van der Waals surface area contributed by atoms with Crippen molar-refractivity contribution in [3.8, 4) is 0 Å². The molecule has 0 saturated carbocycles. The lowest BCUT2D eigenvalue weighted by Gasteiger charge is -2.13. The lowest BCUT2D eigenvalue weighted by atomic mass is 9.96. The Kier molecular flexibility index (Phi) is 6.22. The van der Waals surface area contributed by atoms with E-state index < -0.39 is 11.9 Å². The van der Waals surface area contributed by atoms with Crippen LogP contribution in [0.15, 0.2) is 24.3 Å². The van der Waals surface area contributed by atoms with Gasteiger partial charge in [0.1, 0.15) is 0 Å². The van der Waals surface area contributed by atoms with Crippen LogP contribution < -0.4 is 0 Å². The number of hydrogen-bond donors (Lipinski definition) is 1. The molecule has 1 unspecified atom stereocenters. The van der Waals surface area contributed by atoms with E-state index in [0.717, 1.165) is 12.8 Å². The summed E-state index contributed by atoms with van der Waals surface area (Å²) in [6, 6.07) is 5.76. The molecule has 1 aromatic rings. The van der Waals surface area contributed by atoms with E-state index in [9.17, 15) is 9.59 Å².